The number of ketones is 1. The van der Waals surface area contributed by atoms with Crippen LogP contribution in [0.4, 0.5) is 5.69 Å². The summed E-state index contributed by atoms with van der Waals surface area (Å²) < 4.78 is 15.4. The first-order valence-electron chi connectivity index (χ1n) is 10.4. The van der Waals surface area contributed by atoms with Gasteiger partial charge in [0.2, 0.25) is 0 Å². The van der Waals surface area contributed by atoms with Crippen LogP contribution in [0.15, 0.2) is 42.5 Å². The molecule has 3 rings (SSSR count). The summed E-state index contributed by atoms with van der Waals surface area (Å²) in [6, 6.07) is 11.7. The number of hydrogen-bond donors (Lipinski definition) is 0. The van der Waals surface area contributed by atoms with Gasteiger partial charge in [-0.25, -0.2) is 4.79 Å². The summed E-state index contributed by atoms with van der Waals surface area (Å²) in [4.78, 5) is 50.0. The van der Waals surface area contributed by atoms with Gasteiger partial charge in [0.05, 0.1) is 37.4 Å². The van der Waals surface area contributed by atoms with E-state index in [0.29, 0.717) is 29.2 Å². The molecule has 0 aliphatic carbocycles. The molecule has 2 aromatic carbocycles. The Kier molecular flexibility index (Phi) is 7.59. The van der Waals surface area contributed by atoms with Crippen molar-refractivity contribution in [3.05, 3.63) is 59.2 Å². The average Bonchev–Trinajstić information content (AvgIpc) is 2.80. The van der Waals surface area contributed by atoms with Gasteiger partial charge in [-0.2, -0.15) is 0 Å². The minimum Gasteiger partial charge on any atom is -0.482 e. The quantitative estimate of drug-likeness (QED) is 0.437. The standard InChI is InChI=1S/C24H25NO7/c1-3-30-23(28)12-10-20(26)18-9-11-21-19(13-18)25(22(27)15-32-21)14-16-5-7-17(8-6-16)24(29)31-4-2/h5-9,11,13H,3-4,10,12,14-15H2,1-2H3. The summed E-state index contributed by atoms with van der Waals surface area (Å²) in [7, 11) is 0. The maximum atomic E-state index is 12.6. The second-order valence-electron chi connectivity index (χ2n) is 7.10. The smallest absolute Gasteiger partial charge is 0.338 e. The second kappa shape index (κ2) is 10.6. The molecule has 8 heteroatoms. The fraction of sp³-hybridized carbons (Fsp3) is 0.333. The van der Waals surface area contributed by atoms with Crippen LogP contribution < -0.4 is 9.64 Å². The third kappa shape index (κ3) is 5.51. The van der Waals surface area contributed by atoms with Gasteiger partial charge >= 0.3 is 11.9 Å². The van der Waals surface area contributed by atoms with Gasteiger partial charge in [-0.05, 0) is 49.7 Å². The number of anilines is 1. The predicted molar refractivity (Wildman–Crippen MR) is 116 cm³/mol. The van der Waals surface area contributed by atoms with Gasteiger partial charge in [0.1, 0.15) is 5.75 Å². The predicted octanol–water partition coefficient (Wildman–Crippen LogP) is 3.31. The number of nitrogens with zero attached hydrogens (tertiary/aromatic N) is 1. The average molecular weight is 439 g/mol. The lowest BCUT2D eigenvalue weighted by Crippen LogP contribution is -2.38. The van der Waals surface area contributed by atoms with Crippen molar-refractivity contribution in [2.24, 2.45) is 0 Å². The van der Waals surface area contributed by atoms with E-state index in [2.05, 4.69) is 0 Å². The highest BCUT2D eigenvalue weighted by atomic mass is 16.5. The molecule has 0 saturated heterocycles. The summed E-state index contributed by atoms with van der Waals surface area (Å²) in [5.41, 5.74) is 2.10. The third-order valence-corrected chi connectivity index (χ3v) is 4.89. The number of hydrogen-bond acceptors (Lipinski definition) is 7. The Hall–Kier alpha value is -3.68. The van der Waals surface area contributed by atoms with E-state index in [1.165, 1.54) is 0 Å². The highest BCUT2D eigenvalue weighted by Crippen LogP contribution is 2.34. The van der Waals surface area contributed by atoms with Crippen molar-refractivity contribution in [3.8, 4) is 5.75 Å². The van der Waals surface area contributed by atoms with E-state index in [1.807, 2.05) is 0 Å². The second-order valence-corrected chi connectivity index (χ2v) is 7.10. The Morgan fingerprint density at radius 1 is 0.938 bits per heavy atom. The first-order valence-corrected chi connectivity index (χ1v) is 10.4. The largest absolute Gasteiger partial charge is 0.482 e. The van der Waals surface area contributed by atoms with E-state index in [9.17, 15) is 19.2 Å². The fourth-order valence-corrected chi connectivity index (χ4v) is 3.29. The minimum absolute atomic E-state index is 0.00425. The maximum Gasteiger partial charge on any atom is 0.338 e. The number of esters is 2. The molecule has 0 aromatic heterocycles. The molecule has 0 N–H and O–H groups in total. The maximum absolute atomic E-state index is 12.6. The van der Waals surface area contributed by atoms with Crippen molar-refractivity contribution in [2.75, 3.05) is 24.7 Å². The van der Waals surface area contributed by atoms with Crippen LogP contribution >= 0.6 is 0 Å². The zero-order valence-electron chi connectivity index (χ0n) is 18.1. The van der Waals surface area contributed by atoms with Crippen LogP contribution in [0, 0.1) is 0 Å². The van der Waals surface area contributed by atoms with Crippen molar-refractivity contribution < 1.29 is 33.4 Å². The number of carbonyl (C=O) groups is 4. The zero-order chi connectivity index (χ0) is 23.1. The normalized spacial score (nSPS) is 12.6. The summed E-state index contributed by atoms with van der Waals surface area (Å²) in [5, 5.41) is 0. The molecule has 1 amide bonds. The monoisotopic (exact) mass is 439 g/mol. The molecule has 0 atom stereocenters. The molecule has 0 bridgehead atoms. The molecule has 1 heterocycles. The zero-order valence-corrected chi connectivity index (χ0v) is 18.1. The number of Topliss-reactive ketones (excluding diaryl/α,β-unsaturated/α-hetero) is 1. The van der Waals surface area contributed by atoms with Crippen molar-refractivity contribution >= 4 is 29.3 Å². The number of benzene rings is 2. The molecular formula is C24H25NO7. The Labute approximate surface area is 186 Å². The van der Waals surface area contributed by atoms with E-state index < -0.39 is 11.9 Å². The third-order valence-electron chi connectivity index (χ3n) is 4.89. The highest BCUT2D eigenvalue weighted by molar-refractivity contribution is 6.02. The van der Waals surface area contributed by atoms with Gasteiger partial charge in [-0.3, -0.25) is 14.4 Å². The van der Waals surface area contributed by atoms with E-state index in [1.54, 1.807) is 61.2 Å². The van der Waals surface area contributed by atoms with Crippen LogP contribution in [0.25, 0.3) is 0 Å². The first kappa shape index (κ1) is 23.0. The number of rotatable bonds is 9. The molecule has 1 aliphatic heterocycles. The Morgan fingerprint density at radius 2 is 1.62 bits per heavy atom. The van der Waals surface area contributed by atoms with Crippen LogP contribution in [-0.4, -0.2) is 43.4 Å². The summed E-state index contributed by atoms with van der Waals surface area (Å²) in [6.07, 6.45) is 0.0114. The van der Waals surface area contributed by atoms with Gasteiger partial charge in [0.25, 0.3) is 5.91 Å². The lowest BCUT2D eigenvalue weighted by molar-refractivity contribution is -0.143. The minimum atomic E-state index is -0.426. The Bertz CT molecular complexity index is 1010. The highest BCUT2D eigenvalue weighted by Gasteiger charge is 2.27. The van der Waals surface area contributed by atoms with Gasteiger partial charge in [0, 0.05) is 12.0 Å². The number of ether oxygens (including phenoxy) is 3. The van der Waals surface area contributed by atoms with Crippen LogP contribution in [0.2, 0.25) is 0 Å². The molecule has 0 fully saturated rings. The summed E-state index contributed by atoms with van der Waals surface area (Å²) in [6.45, 7) is 4.15. The van der Waals surface area contributed by atoms with E-state index >= 15 is 0 Å². The SMILES string of the molecule is CCOC(=O)CCC(=O)c1ccc2c(c1)N(Cc1ccc(C(=O)OCC)cc1)C(=O)CO2. The van der Waals surface area contributed by atoms with Gasteiger partial charge in [0.15, 0.2) is 12.4 Å². The topological polar surface area (TPSA) is 99.2 Å². The lowest BCUT2D eigenvalue weighted by atomic mass is 10.0. The van der Waals surface area contributed by atoms with Gasteiger partial charge in [-0.1, -0.05) is 12.1 Å². The Morgan fingerprint density at radius 3 is 2.31 bits per heavy atom. The molecule has 0 unspecified atom stereocenters. The molecule has 2 aromatic rings. The van der Waals surface area contributed by atoms with Crippen molar-refractivity contribution in [1.29, 1.82) is 0 Å². The van der Waals surface area contributed by atoms with Crippen molar-refractivity contribution in [1.82, 2.24) is 0 Å². The Balaban J connectivity index is 1.77. The molecule has 32 heavy (non-hydrogen) atoms. The first-order chi connectivity index (χ1) is 15.4. The number of fused-ring (bicyclic) bond motifs is 1. The molecule has 0 saturated carbocycles. The van der Waals surface area contributed by atoms with Crippen LogP contribution in [-0.2, 0) is 25.6 Å². The van der Waals surface area contributed by atoms with E-state index in [0.717, 1.165) is 5.56 Å². The van der Waals surface area contributed by atoms with Gasteiger partial charge in [-0.15, -0.1) is 0 Å². The number of amides is 1. The molecule has 1 aliphatic rings. The van der Waals surface area contributed by atoms with Crippen LogP contribution in [0.1, 0.15) is 53.0 Å². The number of carbonyl (C=O) groups excluding carboxylic acids is 4. The van der Waals surface area contributed by atoms with Crippen molar-refractivity contribution in [3.63, 3.8) is 0 Å². The van der Waals surface area contributed by atoms with Crippen LogP contribution in [0.3, 0.4) is 0 Å². The van der Waals surface area contributed by atoms with Gasteiger partial charge < -0.3 is 19.1 Å². The van der Waals surface area contributed by atoms with Crippen LogP contribution in [0.5, 0.6) is 5.75 Å². The van der Waals surface area contributed by atoms with Crippen molar-refractivity contribution in [2.45, 2.75) is 33.2 Å². The molecule has 0 radical (unpaired) electrons. The molecule has 0 spiro atoms. The molecular weight excluding hydrogens is 414 g/mol. The molecule has 8 nitrogen and oxygen atoms in total. The fourth-order valence-electron chi connectivity index (χ4n) is 3.29. The van der Waals surface area contributed by atoms with E-state index in [4.69, 9.17) is 14.2 Å². The van der Waals surface area contributed by atoms with E-state index in [-0.39, 0.29) is 44.3 Å². The summed E-state index contributed by atoms with van der Waals surface area (Å²) in [5.74, 6) is -0.807. The molecule has 168 valence electrons. The summed E-state index contributed by atoms with van der Waals surface area (Å²) >= 11 is 0. The lowest BCUT2D eigenvalue weighted by Gasteiger charge is -2.30.